The smallest absolute Gasteiger partial charge is 0.238 e. The van der Waals surface area contributed by atoms with Crippen LogP contribution in [0, 0.1) is 23.7 Å². The fraction of sp³-hybridized carbons (Fsp3) is 0.188. The number of imide groups is 1. The third-order valence-electron chi connectivity index (χ3n) is 12.5. The molecule has 1 saturated carbocycles. The number of halogens is 2. The van der Waals surface area contributed by atoms with Crippen LogP contribution in [0.3, 0.4) is 0 Å². The SMILES string of the molecule is COc1cc([C@H]2C3=CC[C@@H]4C(=O)N(c5ccc(C(=O)c6ccccc6)cc5)C(=O)[C@@H]4[C@@H]3C[C@H]3C(=O)C(c4ccccc4)=CC(=O)[C@@]23c2ccccc2)c(Br)c(Br)c1O. The Bertz CT molecular complexity index is 2610. The maximum atomic E-state index is 15.4. The molecule has 5 aromatic rings. The fourth-order valence-electron chi connectivity index (χ4n) is 9.97. The minimum atomic E-state index is -1.47. The number of benzene rings is 5. The van der Waals surface area contributed by atoms with Gasteiger partial charge >= 0.3 is 0 Å². The van der Waals surface area contributed by atoms with E-state index < -0.39 is 40.9 Å². The Morgan fingerprint density at radius 3 is 2.05 bits per heavy atom. The molecule has 5 aromatic carbocycles. The molecule has 1 heterocycles. The molecule has 6 atom stereocenters. The number of amides is 2. The zero-order valence-corrected chi connectivity index (χ0v) is 34.3. The Kier molecular flexibility index (Phi) is 9.52. The number of hydrogen-bond donors (Lipinski definition) is 1. The van der Waals surface area contributed by atoms with E-state index in [1.165, 1.54) is 18.1 Å². The molecule has 0 radical (unpaired) electrons. The van der Waals surface area contributed by atoms with E-state index in [0.29, 0.717) is 48.0 Å². The van der Waals surface area contributed by atoms with Gasteiger partial charge in [0.1, 0.15) is 0 Å². The summed E-state index contributed by atoms with van der Waals surface area (Å²) < 4.78 is 6.42. The summed E-state index contributed by atoms with van der Waals surface area (Å²) in [7, 11) is 1.44. The number of nitrogens with zero attached hydrogens (tertiary/aromatic N) is 1. The number of ketones is 3. The number of carbonyl (C=O) groups is 5. The molecule has 0 spiro atoms. The zero-order valence-electron chi connectivity index (χ0n) is 31.1. The molecule has 10 heteroatoms. The summed E-state index contributed by atoms with van der Waals surface area (Å²) in [4.78, 5) is 74.3. The molecule has 4 aliphatic rings. The maximum Gasteiger partial charge on any atom is 0.238 e. The Hall–Kier alpha value is -5.71. The van der Waals surface area contributed by atoms with Crippen molar-refractivity contribution < 1.29 is 33.8 Å². The van der Waals surface area contributed by atoms with Crippen molar-refractivity contribution in [3.8, 4) is 11.5 Å². The van der Waals surface area contributed by atoms with Crippen molar-refractivity contribution in [2.75, 3.05) is 12.0 Å². The molecule has 1 aliphatic heterocycles. The second-order valence-electron chi connectivity index (χ2n) is 15.2. The number of allylic oxidation sites excluding steroid dienone is 4. The van der Waals surface area contributed by atoms with Gasteiger partial charge in [0, 0.05) is 33.0 Å². The lowest BCUT2D eigenvalue weighted by atomic mass is 9.44. The van der Waals surface area contributed by atoms with E-state index in [1.807, 2.05) is 72.8 Å². The van der Waals surface area contributed by atoms with Gasteiger partial charge < -0.3 is 9.84 Å². The normalized spacial score (nSPS) is 25.0. The number of ether oxygens (including phenoxy) is 1. The monoisotopic (exact) mass is 895 g/mol. The van der Waals surface area contributed by atoms with Crippen molar-refractivity contribution in [1.29, 1.82) is 0 Å². The van der Waals surface area contributed by atoms with Gasteiger partial charge in [-0.15, -0.1) is 0 Å². The minimum Gasteiger partial charge on any atom is -0.503 e. The van der Waals surface area contributed by atoms with Gasteiger partial charge in [0.2, 0.25) is 11.8 Å². The fourth-order valence-corrected chi connectivity index (χ4v) is 10.9. The molecule has 0 aromatic heterocycles. The van der Waals surface area contributed by atoms with E-state index >= 15 is 9.59 Å². The molecule has 0 bridgehead atoms. The number of phenolic OH excluding ortho intramolecular Hbond substituents is 1. The van der Waals surface area contributed by atoms with Crippen LogP contribution in [-0.2, 0) is 24.6 Å². The first-order valence-electron chi connectivity index (χ1n) is 19.0. The van der Waals surface area contributed by atoms with Crippen LogP contribution < -0.4 is 9.64 Å². The quantitative estimate of drug-likeness (QED) is 0.0984. The van der Waals surface area contributed by atoms with Crippen LogP contribution in [0.4, 0.5) is 5.69 Å². The van der Waals surface area contributed by atoms with Gasteiger partial charge in [-0.1, -0.05) is 103 Å². The van der Waals surface area contributed by atoms with Crippen molar-refractivity contribution in [3.63, 3.8) is 0 Å². The molecular weight excluding hydrogens is 862 g/mol. The molecule has 1 saturated heterocycles. The maximum absolute atomic E-state index is 15.4. The molecule has 9 rings (SSSR count). The molecule has 8 nitrogen and oxygen atoms in total. The summed E-state index contributed by atoms with van der Waals surface area (Å²) in [6.45, 7) is 0. The highest BCUT2D eigenvalue weighted by atomic mass is 79.9. The molecule has 288 valence electrons. The van der Waals surface area contributed by atoms with Gasteiger partial charge in [-0.05, 0) is 104 Å². The average molecular weight is 898 g/mol. The lowest BCUT2D eigenvalue weighted by molar-refractivity contribution is -0.135. The highest BCUT2D eigenvalue weighted by Gasteiger charge is 2.66. The van der Waals surface area contributed by atoms with Crippen molar-refractivity contribution >= 4 is 72.3 Å². The van der Waals surface area contributed by atoms with Gasteiger partial charge in [0.15, 0.2) is 28.8 Å². The first kappa shape index (κ1) is 37.8. The van der Waals surface area contributed by atoms with Crippen LogP contribution in [0.5, 0.6) is 11.5 Å². The summed E-state index contributed by atoms with van der Waals surface area (Å²) in [5.74, 6) is -5.32. The van der Waals surface area contributed by atoms with Gasteiger partial charge in [-0.3, -0.25) is 28.9 Å². The van der Waals surface area contributed by atoms with E-state index in [9.17, 15) is 19.5 Å². The lowest BCUT2D eigenvalue weighted by Crippen LogP contribution is -2.59. The minimum absolute atomic E-state index is 0.137. The lowest BCUT2D eigenvalue weighted by Gasteiger charge is -2.55. The van der Waals surface area contributed by atoms with Crippen LogP contribution in [0.2, 0.25) is 0 Å². The Morgan fingerprint density at radius 1 is 0.776 bits per heavy atom. The van der Waals surface area contributed by atoms with Crippen LogP contribution in [0.15, 0.2) is 148 Å². The summed E-state index contributed by atoms with van der Waals surface area (Å²) in [5, 5.41) is 11.1. The van der Waals surface area contributed by atoms with Crippen molar-refractivity contribution in [1.82, 2.24) is 0 Å². The van der Waals surface area contributed by atoms with Crippen LogP contribution in [0.25, 0.3) is 5.57 Å². The second kappa shape index (κ2) is 14.6. The first-order valence-corrected chi connectivity index (χ1v) is 20.6. The predicted octanol–water partition coefficient (Wildman–Crippen LogP) is 9.19. The largest absolute Gasteiger partial charge is 0.503 e. The Morgan fingerprint density at radius 2 is 1.40 bits per heavy atom. The van der Waals surface area contributed by atoms with E-state index in [2.05, 4.69) is 31.9 Å². The number of methoxy groups -OCH3 is 1. The Balaban J connectivity index is 1.21. The highest BCUT2D eigenvalue weighted by molar-refractivity contribution is 9.13. The highest BCUT2D eigenvalue weighted by Crippen LogP contribution is 2.65. The van der Waals surface area contributed by atoms with Gasteiger partial charge in [0.25, 0.3) is 0 Å². The number of carbonyl (C=O) groups excluding carboxylic acids is 5. The molecule has 2 fully saturated rings. The number of aromatic hydroxyl groups is 1. The van der Waals surface area contributed by atoms with Crippen molar-refractivity contribution in [2.45, 2.75) is 24.2 Å². The third kappa shape index (κ3) is 5.63. The summed E-state index contributed by atoms with van der Waals surface area (Å²) >= 11 is 7.28. The summed E-state index contributed by atoms with van der Waals surface area (Å²) in [6, 6.07) is 35.5. The number of fused-ring (bicyclic) bond motifs is 4. The van der Waals surface area contributed by atoms with E-state index in [1.54, 1.807) is 54.6 Å². The third-order valence-corrected chi connectivity index (χ3v) is 14.7. The van der Waals surface area contributed by atoms with Crippen LogP contribution in [0.1, 0.15) is 51.4 Å². The predicted molar refractivity (Wildman–Crippen MR) is 225 cm³/mol. The van der Waals surface area contributed by atoms with Gasteiger partial charge in [0.05, 0.1) is 34.5 Å². The molecule has 3 aliphatic carbocycles. The van der Waals surface area contributed by atoms with E-state index in [0.717, 1.165) is 5.57 Å². The van der Waals surface area contributed by atoms with Gasteiger partial charge in [-0.25, -0.2) is 0 Å². The molecular formula is C48H35Br2NO7. The Labute approximate surface area is 351 Å². The van der Waals surface area contributed by atoms with E-state index in [4.69, 9.17) is 4.74 Å². The average Bonchev–Trinajstić information content (AvgIpc) is 3.52. The standard InChI is InChI=1S/C48H35Br2NO7/c1-58-37-24-35(41(49)42(50)45(37)55)40-31-21-22-32-39(47(57)51(46(32)56)30-19-17-28(18-20-30)43(53)27-13-7-3-8-14-27)34(31)23-36-44(54)33(26-11-5-2-6-12-26)25-38(52)48(36,40)29-15-9-4-10-16-29/h2-21,24-25,32,34,36,39-40,55H,22-23H2,1H3/t32-,34+,36-,39-,40+,48-/m0/s1. The molecule has 0 unspecified atom stereocenters. The molecule has 2 amide bonds. The molecule has 58 heavy (non-hydrogen) atoms. The number of rotatable bonds is 7. The van der Waals surface area contributed by atoms with Gasteiger partial charge in [-0.2, -0.15) is 0 Å². The van der Waals surface area contributed by atoms with E-state index in [-0.39, 0.29) is 47.6 Å². The summed E-state index contributed by atoms with van der Waals surface area (Å²) in [6.07, 6.45) is 3.83. The number of anilines is 1. The van der Waals surface area contributed by atoms with Crippen molar-refractivity contribution in [2.24, 2.45) is 23.7 Å². The summed E-state index contributed by atoms with van der Waals surface area (Å²) in [5.41, 5.74) is 2.74. The molecule has 1 N–H and O–H groups in total. The van der Waals surface area contributed by atoms with Crippen molar-refractivity contribution in [3.05, 3.63) is 176 Å². The number of phenols is 1. The van der Waals surface area contributed by atoms with Crippen LogP contribution in [-0.4, -0.2) is 41.4 Å². The number of Topliss-reactive ketones (excluding diaryl/α,β-unsaturated/α-hetero) is 1. The first-order chi connectivity index (χ1) is 28.1. The topological polar surface area (TPSA) is 118 Å². The second-order valence-corrected chi connectivity index (χ2v) is 16.8. The van der Waals surface area contributed by atoms with Crippen LogP contribution >= 0.6 is 31.9 Å². The zero-order chi connectivity index (χ0) is 40.5. The number of hydrogen-bond acceptors (Lipinski definition) is 7.